The Kier molecular flexibility index (Phi) is 6.33. The van der Waals surface area contributed by atoms with Crippen LogP contribution in [0.4, 0.5) is 5.69 Å². The van der Waals surface area contributed by atoms with Gasteiger partial charge in [-0.2, -0.15) is 0 Å². The number of rotatable bonds is 6. The van der Waals surface area contributed by atoms with Gasteiger partial charge in [-0.05, 0) is 48.9 Å². The molecule has 1 heterocycles. The van der Waals surface area contributed by atoms with Crippen molar-refractivity contribution in [3.05, 3.63) is 95.3 Å². The van der Waals surface area contributed by atoms with Gasteiger partial charge < -0.3 is 14.8 Å². The molecular weight excluding hydrogens is 426 g/mol. The van der Waals surface area contributed by atoms with Gasteiger partial charge in [0.05, 0.1) is 12.8 Å². The van der Waals surface area contributed by atoms with Crippen LogP contribution >= 0.6 is 11.6 Å². The van der Waals surface area contributed by atoms with Gasteiger partial charge in [0.15, 0.2) is 11.5 Å². The first-order valence-electron chi connectivity index (χ1n) is 9.84. The monoisotopic (exact) mass is 445 g/mol. The van der Waals surface area contributed by atoms with Crippen LogP contribution < -0.4 is 14.8 Å². The number of halogens is 1. The van der Waals surface area contributed by atoms with Gasteiger partial charge in [-0.15, -0.1) is 0 Å². The second kappa shape index (κ2) is 9.49. The highest BCUT2D eigenvalue weighted by atomic mass is 35.5. The predicted octanol–water partition coefficient (Wildman–Crippen LogP) is 6.16. The molecule has 0 fully saturated rings. The SMILES string of the molecule is COc1ccccc1Oc1cc(-c2ccc(C(=O)Nc3ccc(C)c(Cl)c3)cc2)ncn1. The topological polar surface area (TPSA) is 73.3 Å². The molecule has 32 heavy (non-hydrogen) atoms. The molecule has 0 aliphatic carbocycles. The van der Waals surface area contributed by atoms with Gasteiger partial charge in [0.2, 0.25) is 5.88 Å². The van der Waals surface area contributed by atoms with Crippen molar-refractivity contribution in [2.45, 2.75) is 6.92 Å². The largest absolute Gasteiger partial charge is 0.493 e. The first kappa shape index (κ1) is 21.3. The Labute approximate surface area is 190 Å². The third kappa shape index (κ3) is 4.87. The molecule has 0 bridgehead atoms. The number of methoxy groups -OCH3 is 1. The van der Waals surface area contributed by atoms with E-state index >= 15 is 0 Å². The third-order valence-electron chi connectivity index (χ3n) is 4.80. The van der Waals surface area contributed by atoms with Crippen molar-refractivity contribution >= 4 is 23.2 Å². The summed E-state index contributed by atoms with van der Waals surface area (Å²) in [7, 11) is 1.58. The molecule has 6 nitrogen and oxygen atoms in total. The zero-order valence-electron chi connectivity index (χ0n) is 17.5. The van der Waals surface area contributed by atoms with E-state index in [9.17, 15) is 4.79 Å². The van der Waals surface area contributed by atoms with Crippen LogP contribution in [0.2, 0.25) is 5.02 Å². The van der Waals surface area contributed by atoms with Crippen LogP contribution in [0.15, 0.2) is 79.1 Å². The number of aryl methyl sites for hydroxylation is 1. The number of para-hydroxylation sites is 2. The van der Waals surface area contributed by atoms with Crippen molar-refractivity contribution in [3.63, 3.8) is 0 Å². The van der Waals surface area contributed by atoms with Crippen LogP contribution in [0.5, 0.6) is 17.4 Å². The number of benzene rings is 3. The molecule has 1 amide bonds. The molecule has 1 N–H and O–H groups in total. The summed E-state index contributed by atoms with van der Waals surface area (Å²) in [5.41, 5.74) is 3.61. The summed E-state index contributed by atoms with van der Waals surface area (Å²) in [4.78, 5) is 21.1. The molecule has 160 valence electrons. The molecule has 4 aromatic rings. The Bertz CT molecular complexity index is 1260. The van der Waals surface area contributed by atoms with E-state index in [1.54, 1.807) is 37.4 Å². The van der Waals surface area contributed by atoms with E-state index in [0.717, 1.165) is 11.1 Å². The van der Waals surface area contributed by atoms with Crippen molar-refractivity contribution in [2.24, 2.45) is 0 Å². The lowest BCUT2D eigenvalue weighted by Crippen LogP contribution is -2.11. The Morgan fingerprint density at radius 3 is 2.41 bits per heavy atom. The average Bonchev–Trinajstić information content (AvgIpc) is 2.82. The van der Waals surface area contributed by atoms with Gasteiger partial charge in [0.25, 0.3) is 5.91 Å². The highest BCUT2D eigenvalue weighted by molar-refractivity contribution is 6.31. The molecule has 1 aromatic heterocycles. The first-order chi connectivity index (χ1) is 15.5. The fourth-order valence-corrected chi connectivity index (χ4v) is 3.22. The van der Waals surface area contributed by atoms with Crippen LogP contribution in [0.1, 0.15) is 15.9 Å². The number of nitrogens with one attached hydrogen (secondary N) is 1. The highest BCUT2D eigenvalue weighted by Crippen LogP contribution is 2.31. The Morgan fingerprint density at radius 1 is 0.938 bits per heavy atom. The van der Waals surface area contributed by atoms with E-state index in [1.807, 2.05) is 49.4 Å². The lowest BCUT2D eigenvalue weighted by Gasteiger charge is -2.10. The van der Waals surface area contributed by atoms with Crippen LogP contribution in [-0.4, -0.2) is 23.0 Å². The molecule has 0 saturated carbocycles. The molecule has 0 radical (unpaired) electrons. The van der Waals surface area contributed by atoms with Gasteiger partial charge in [0.1, 0.15) is 6.33 Å². The van der Waals surface area contributed by atoms with Gasteiger partial charge in [-0.3, -0.25) is 4.79 Å². The van der Waals surface area contributed by atoms with Crippen LogP contribution in [0.25, 0.3) is 11.3 Å². The smallest absolute Gasteiger partial charge is 0.255 e. The molecule has 7 heteroatoms. The first-order valence-corrected chi connectivity index (χ1v) is 10.2. The lowest BCUT2D eigenvalue weighted by molar-refractivity contribution is 0.102. The third-order valence-corrected chi connectivity index (χ3v) is 5.21. The second-order valence-electron chi connectivity index (χ2n) is 6.99. The number of carbonyl (C=O) groups excluding carboxylic acids is 1. The minimum Gasteiger partial charge on any atom is -0.493 e. The van der Waals surface area contributed by atoms with Gasteiger partial charge in [-0.25, -0.2) is 9.97 Å². The van der Waals surface area contributed by atoms with E-state index in [4.69, 9.17) is 21.1 Å². The minimum atomic E-state index is -0.223. The van der Waals surface area contributed by atoms with Crippen molar-refractivity contribution in [1.29, 1.82) is 0 Å². The molecule has 0 unspecified atom stereocenters. The van der Waals surface area contributed by atoms with Gasteiger partial charge in [-0.1, -0.05) is 41.9 Å². The lowest BCUT2D eigenvalue weighted by atomic mass is 10.1. The van der Waals surface area contributed by atoms with E-state index in [2.05, 4.69) is 15.3 Å². The van der Waals surface area contributed by atoms with E-state index in [1.165, 1.54) is 6.33 Å². The van der Waals surface area contributed by atoms with Crippen LogP contribution in [0, 0.1) is 6.92 Å². The van der Waals surface area contributed by atoms with E-state index in [-0.39, 0.29) is 5.91 Å². The van der Waals surface area contributed by atoms with E-state index < -0.39 is 0 Å². The van der Waals surface area contributed by atoms with Gasteiger partial charge >= 0.3 is 0 Å². The molecule has 0 aliphatic rings. The Hall–Kier alpha value is -3.90. The summed E-state index contributed by atoms with van der Waals surface area (Å²) in [5, 5.41) is 3.46. The number of anilines is 1. The summed E-state index contributed by atoms with van der Waals surface area (Å²) in [6, 6.07) is 21.6. The number of hydrogen-bond donors (Lipinski definition) is 1. The summed E-state index contributed by atoms with van der Waals surface area (Å²) in [5.74, 6) is 1.33. The number of ether oxygens (including phenoxy) is 2. The van der Waals surface area contributed by atoms with Crippen molar-refractivity contribution < 1.29 is 14.3 Å². The maximum Gasteiger partial charge on any atom is 0.255 e. The molecule has 4 rings (SSSR count). The summed E-state index contributed by atoms with van der Waals surface area (Å²) in [6.07, 6.45) is 1.43. The van der Waals surface area contributed by atoms with Gasteiger partial charge in [0, 0.05) is 27.9 Å². The zero-order chi connectivity index (χ0) is 22.5. The summed E-state index contributed by atoms with van der Waals surface area (Å²) in [6.45, 7) is 1.91. The second-order valence-corrected chi connectivity index (χ2v) is 7.40. The quantitative estimate of drug-likeness (QED) is 0.385. The van der Waals surface area contributed by atoms with Crippen molar-refractivity contribution in [3.8, 4) is 28.6 Å². The Morgan fingerprint density at radius 2 is 1.69 bits per heavy atom. The molecule has 0 aliphatic heterocycles. The summed E-state index contributed by atoms with van der Waals surface area (Å²) >= 11 is 6.13. The standard InChI is InChI=1S/C25H20ClN3O3/c1-16-7-12-19(13-20(16)26)29-25(30)18-10-8-17(9-11-18)21-14-24(28-15-27-21)32-23-6-4-3-5-22(23)31-2/h3-15H,1-2H3,(H,29,30). The predicted molar refractivity (Wildman–Crippen MR) is 125 cm³/mol. The number of hydrogen-bond acceptors (Lipinski definition) is 5. The zero-order valence-corrected chi connectivity index (χ0v) is 18.3. The number of carbonyl (C=O) groups is 1. The molecule has 0 atom stereocenters. The summed E-state index contributed by atoms with van der Waals surface area (Å²) < 4.78 is 11.2. The highest BCUT2D eigenvalue weighted by Gasteiger charge is 2.10. The maximum absolute atomic E-state index is 12.6. The normalized spacial score (nSPS) is 10.5. The minimum absolute atomic E-state index is 0.223. The Balaban J connectivity index is 1.49. The fraction of sp³-hybridized carbons (Fsp3) is 0.0800. The number of aromatic nitrogens is 2. The van der Waals surface area contributed by atoms with Crippen LogP contribution in [-0.2, 0) is 0 Å². The molecule has 0 spiro atoms. The van der Waals surface area contributed by atoms with Crippen molar-refractivity contribution in [1.82, 2.24) is 9.97 Å². The number of amides is 1. The number of nitrogens with zero attached hydrogens (tertiary/aromatic N) is 2. The molecular formula is C25H20ClN3O3. The maximum atomic E-state index is 12.6. The average molecular weight is 446 g/mol. The van der Waals surface area contributed by atoms with E-state index in [0.29, 0.717) is 39.3 Å². The molecule has 0 saturated heterocycles. The van der Waals surface area contributed by atoms with Crippen molar-refractivity contribution in [2.75, 3.05) is 12.4 Å². The van der Waals surface area contributed by atoms with Crippen LogP contribution in [0.3, 0.4) is 0 Å². The molecule has 3 aromatic carbocycles. The fourth-order valence-electron chi connectivity index (χ4n) is 3.04.